The topological polar surface area (TPSA) is 57.2 Å². The van der Waals surface area contributed by atoms with Crippen molar-refractivity contribution in [2.45, 2.75) is 51.5 Å². The molecular weight excluding hydrogens is 316 g/mol. The van der Waals surface area contributed by atoms with Gasteiger partial charge in [0.05, 0.1) is 12.5 Å². The van der Waals surface area contributed by atoms with Gasteiger partial charge in [0.2, 0.25) is 0 Å². The minimum atomic E-state index is -0.0630. The number of guanidine groups is 1. The van der Waals surface area contributed by atoms with Crippen molar-refractivity contribution in [3.8, 4) is 0 Å². The zero-order valence-corrected chi connectivity index (χ0v) is 15.9. The molecule has 2 aliphatic carbocycles. The Balaban J connectivity index is 1.44. The van der Waals surface area contributed by atoms with E-state index < -0.39 is 0 Å². The molecule has 142 valence electrons. The number of hydrogen-bond donors (Lipinski definition) is 1. The van der Waals surface area contributed by atoms with Crippen LogP contribution in [0.5, 0.6) is 0 Å². The van der Waals surface area contributed by atoms with Crippen molar-refractivity contribution in [3.05, 3.63) is 0 Å². The fourth-order valence-electron chi connectivity index (χ4n) is 3.76. The first-order valence-electron chi connectivity index (χ1n) is 10.1. The van der Waals surface area contributed by atoms with Gasteiger partial charge in [0, 0.05) is 45.8 Å². The van der Waals surface area contributed by atoms with Crippen LogP contribution in [-0.4, -0.2) is 74.1 Å². The maximum atomic E-state index is 12.0. The van der Waals surface area contributed by atoms with Crippen LogP contribution in [0.2, 0.25) is 0 Å². The SMILES string of the molecule is CCOC(=O)[C@@H]1CCCN(C(=NC)NCCN(CC2CC2)C2CC2)C1. The van der Waals surface area contributed by atoms with Crippen LogP contribution in [0.4, 0.5) is 0 Å². The van der Waals surface area contributed by atoms with E-state index in [-0.39, 0.29) is 11.9 Å². The maximum Gasteiger partial charge on any atom is 0.310 e. The predicted octanol–water partition coefficient (Wildman–Crippen LogP) is 1.71. The van der Waals surface area contributed by atoms with Crippen molar-refractivity contribution in [1.82, 2.24) is 15.1 Å². The number of hydrogen-bond acceptors (Lipinski definition) is 4. The lowest BCUT2D eigenvalue weighted by atomic mass is 9.98. The summed E-state index contributed by atoms with van der Waals surface area (Å²) < 4.78 is 5.20. The van der Waals surface area contributed by atoms with Gasteiger partial charge >= 0.3 is 5.97 Å². The van der Waals surface area contributed by atoms with Crippen LogP contribution < -0.4 is 5.32 Å². The van der Waals surface area contributed by atoms with Crippen LogP contribution in [0.25, 0.3) is 0 Å². The summed E-state index contributed by atoms with van der Waals surface area (Å²) in [7, 11) is 1.83. The summed E-state index contributed by atoms with van der Waals surface area (Å²) in [4.78, 5) is 21.4. The van der Waals surface area contributed by atoms with E-state index in [0.29, 0.717) is 13.2 Å². The molecule has 0 bridgehead atoms. The van der Waals surface area contributed by atoms with E-state index in [1.807, 2.05) is 14.0 Å². The van der Waals surface area contributed by atoms with Gasteiger partial charge in [-0.05, 0) is 51.4 Å². The van der Waals surface area contributed by atoms with Crippen molar-refractivity contribution >= 4 is 11.9 Å². The Morgan fingerprint density at radius 2 is 2.08 bits per heavy atom. The summed E-state index contributed by atoms with van der Waals surface area (Å²) in [6.07, 6.45) is 7.51. The van der Waals surface area contributed by atoms with Crippen LogP contribution in [0.1, 0.15) is 45.4 Å². The second kappa shape index (κ2) is 8.88. The Kier molecular flexibility index (Phi) is 6.57. The normalized spacial score (nSPS) is 24.5. The molecule has 0 amide bonds. The number of aliphatic imine (C=N–C) groups is 1. The Morgan fingerprint density at radius 1 is 1.28 bits per heavy atom. The molecule has 1 atom stereocenters. The van der Waals surface area contributed by atoms with Crippen molar-refractivity contribution in [2.24, 2.45) is 16.8 Å². The van der Waals surface area contributed by atoms with E-state index in [4.69, 9.17) is 4.74 Å². The van der Waals surface area contributed by atoms with E-state index in [1.54, 1.807) is 0 Å². The number of nitrogens with one attached hydrogen (secondary N) is 1. The minimum absolute atomic E-state index is 0.0231. The molecule has 1 saturated heterocycles. The number of esters is 1. The van der Waals surface area contributed by atoms with Gasteiger partial charge in [-0.2, -0.15) is 0 Å². The monoisotopic (exact) mass is 350 g/mol. The highest BCUT2D eigenvalue weighted by molar-refractivity contribution is 5.81. The number of likely N-dealkylation sites (tertiary alicyclic amines) is 1. The second-order valence-electron chi connectivity index (χ2n) is 7.68. The summed E-state index contributed by atoms with van der Waals surface area (Å²) in [5.41, 5.74) is 0. The molecule has 3 aliphatic rings. The number of piperidine rings is 1. The summed E-state index contributed by atoms with van der Waals surface area (Å²) in [5, 5.41) is 3.52. The lowest BCUT2D eigenvalue weighted by Gasteiger charge is -2.34. The molecule has 2 saturated carbocycles. The number of nitrogens with zero attached hydrogens (tertiary/aromatic N) is 3. The molecule has 1 aliphatic heterocycles. The fraction of sp³-hybridized carbons (Fsp3) is 0.895. The standard InChI is InChI=1S/C19H34N4O2/c1-3-25-18(24)16-5-4-11-23(14-16)19(20-2)21-10-12-22(17-8-9-17)13-15-6-7-15/h15-17H,3-14H2,1-2H3,(H,20,21)/t16-/m1/s1. The second-order valence-corrected chi connectivity index (χ2v) is 7.68. The van der Waals surface area contributed by atoms with E-state index in [9.17, 15) is 4.79 Å². The van der Waals surface area contributed by atoms with Gasteiger partial charge in [-0.1, -0.05) is 0 Å². The highest BCUT2D eigenvalue weighted by Gasteiger charge is 2.33. The molecule has 0 aromatic heterocycles. The number of rotatable bonds is 8. The molecule has 0 spiro atoms. The smallest absolute Gasteiger partial charge is 0.310 e. The molecule has 1 heterocycles. The van der Waals surface area contributed by atoms with Crippen LogP contribution >= 0.6 is 0 Å². The summed E-state index contributed by atoms with van der Waals surface area (Å²) >= 11 is 0. The minimum Gasteiger partial charge on any atom is -0.466 e. The van der Waals surface area contributed by atoms with Crippen LogP contribution in [0.3, 0.4) is 0 Å². The van der Waals surface area contributed by atoms with Crippen molar-refractivity contribution < 1.29 is 9.53 Å². The van der Waals surface area contributed by atoms with Gasteiger partial charge < -0.3 is 15.0 Å². The summed E-state index contributed by atoms with van der Waals surface area (Å²) in [6.45, 7) is 7.30. The first kappa shape index (κ1) is 18.5. The van der Waals surface area contributed by atoms with Gasteiger partial charge in [-0.25, -0.2) is 0 Å². The largest absolute Gasteiger partial charge is 0.466 e. The third-order valence-corrected chi connectivity index (χ3v) is 5.49. The van der Waals surface area contributed by atoms with Gasteiger partial charge in [-0.15, -0.1) is 0 Å². The highest BCUT2D eigenvalue weighted by atomic mass is 16.5. The molecule has 0 radical (unpaired) electrons. The Bertz CT molecular complexity index is 474. The lowest BCUT2D eigenvalue weighted by molar-refractivity contribution is -0.149. The van der Waals surface area contributed by atoms with E-state index in [1.165, 1.54) is 32.2 Å². The van der Waals surface area contributed by atoms with Crippen molar-refractivity contribution in [3.63, 3.8) is 0 Å². The molecule has 6 nitrogen and oxygen atoms in total. The number of ether oxygens (including phenoxy) is 1. The third-order valence-electron chi connectivity index (χ3n) is 5.49. The molecular formula is C19H34N4O2. The Labute approximate surface area is 152 Å². The Morgan fingerprint density at radius 3 is 2.72 bits per heavy atom. The molecule has 0 aromatic rings. The maximum absolute atomic E-state index is 12.0. The molecule has 1 N–H and O–H groups in total. The van der Waals surface area contributed by atoms with E-state index in [2.05, 4.69) is 20.1 Å². The summed E-state index contributed by atoms with van der Waals surface area (Å²) in [6, 6.07) is 0.826. The van der Waals surface area contributed by atoms with E-state index in [0.717, 1.165) is 50.4 Å². The van der Waals surface area contributed by atoms with Crippen molar-refractivity contribution in [1.29, 1.82) is 0 Å². The van der Waals surface area contributed by atoms with Crippen LogP contribution in [0, 0.1) is 11.8 Å². The van der Waals surface area contributed by atoms with E-state index >= 15 is 0 Å². The zero-order valence-electron chi connectivity index (χ0n) is 15.9. The quantitative estimate of drug-likeness (QED) is 0.410. The first-order valence-corrected chi connectivity index (χ1v) is 10.1. The fourth-order valence-corrected chi connectivity index (χ4v) is 3.76. The highest BCUT2D eigenvalue weighted by Crippen LogP contribution is 2.34. The number of carbonyl (C=O) groups excluding carboxylic acids is 1. The lowest BCUT2D eigenvalue weighted by Crippen LogP contribution is -2.49. The zero-order chi connectivity index (χ0) is 17.6. The molecule has 0 aromatic carbocycles. The average Bonchev–Trinajstić information content (AvgIpc) is 3.51. The van der Waals surface area contributed by atoms with Crippen LogP contribution in [0.15, 0.2) is 4.99 Å². The predicted molar refractivity (Wildman–Crippen MR) is 99.6 cm³/mol. The van der Waals surface area contributed by atoms with Crippen molar-refractivity contribution in [2.75, 3.05) is 46.4 Å². The summed E-state index contributed by atoms with van der Waals surface area (Å²) in [5.74, 6) is 1.79. The van der Waals surface area contributed by atoms with Gasteiger partial charge in [0.25, 0.3) is 0 Å². The van der Waals surface area contributed by atoms with Crippen LogP contribution in [-0.2, 0) is 9.53 Å². The molecule has 0 unspecified atom stereocenters. The van der Waals surface area contributed by atoms with Gasteiger partial charge in [0.15, 0.2) is 5.96 Å². The first-order chi connectivity index (χ1) is 12.2. The Hall–Kier alpha value is -1.30. The number of carbonyl (C=O) groups is 1. The molecule has 25 heavy (non-hydrogen) atoms. The molecule has 6 heteroatoms. The molecule has 3 fully saturated rings. The average molecular weight is 351 g/mol. The van der Waals surface area contributed by atoms with Gasteiger partial charge in [-0.3, -0.25) is 14.7 Å². The third kappa shape index (κ3) is 5.59. The molecule has 3 rings (SSSR count). The van der Waals surface area contributed by atoms with Gasteiger partial charge in [0.1, 0.15) is 0 Å².